The molecule has 0 saturated carbocycles. The van der Waals surface area contributed by atoms with Gasteiger partial charge in [-0.3, -0.25) is 4.79 Å². The monoisotopic (exact) mass is 288 g/mol. The molecule has 6 heteroatoms. The van der Waals surface area contributed by atoms with Crippen LogP contribution in [0, 0.1) is 0 Å². The van der Waals surface area contributed by atoms with Gasteiger partial charge in [-0.05, 0) is 28.9 Å². The lowest BCUT2D eigenvalue weighted by molar-refractivity contribution is -0.147. The fourth-order valence-corrected chi connectivity index (χ4v) is 1.37. The molecule has 0 bridgehead atoms. The standard InChI is InChI=1S/C10H13BrN2O3/c1-2-16-10(15)8(12)9(14)6-3-4-7(11)13-5-6/h3-5,8-9,14H,2,12H2,1H3. The molecular weight excluding hydrogens is 276 g/mol. The molecule has 0 aromatic carbocycles. The van der Waals surface area contributed by atoms with Crippen LogP contribution in [0.1, 0.15) is 18.6 Å². The lowest BCUT2D eigenvalue weighted by Gasteiger charge is -2.17. The Bertz CT molecular complexity index is 356. The number of carbonyl (C=O) groups excluding carboxylic acids is 1. The van der Waals surface area contributed by atoms with E-state index < -0.39 is 18.1 Å². The molecule has 88 valence electrons. The minimum absolute atomic E-state index is 0.234. The summed E-state index contributed by atoms with van der Waals surface area (Å²) in [5.74, 6) is -0.627. The number of carbonyl (C=O) groups is 1. The highest BCUT2D eigenvalue weighted by molar-refractivity contribution is 9.10. The van der Waals surface area contributed by atoms with Crippen molar-refractivity contribution in [2.45, 2.75) is 19.1 Å². The molecule has 0 amide bonds. The minimum Gasteiger partial charge on any atom is -0.465 e. The summed E-state index contributed by atoms with van der Waals surface area (Å²) in [7, 11) is 0. The summed E-state index contributed by atoms with van der Waals surface area (Å²) in [5.41, 5.74) is 6.03. The van der Waals surface area contributed by atoms with Gasteiger partial charge in [0.1, 0.15) is 16.7 Å². The number of ether oxygens (including phenoxy) is 1. The number of nitrogens with two attached hydrogens (primary N) is 1. The molecule has 16 heavy (non-hydrogen) atoms. The molecule has 0 radical (unpaired) electrons. The van der Waals surface area contributed by atoms with E-state index in [9.17, 15) is 9.90 Å². The average molecular weight is 289 g/mol. The van der Waals surface area contributed by atoms with Crippen LogP contribution >= 0.6 is 15.9 Å². The van der Waals surface area contributed by atoms with Crippen molar-refractivity contribution in [2.75, 3.05) is 6.61 Å². The summed E-state index contributed by atoms with van der Waals surface area (Å²) in [4.78, 5) is 15.2. The molecule has 2 atom stereocenters. The fourth-order valence-electron chi connectivity index (χ4n) is 1.14. The quantitative estimate of drug-likeness (QED) is 0.631. The Kier molecular flexibility index (Phi) is 4.85. The van der Waals surface area contributed by atoms with Gasteiger partial charge in [0.05, 0.1) is 6.61 Å². The van der Waals surface area contributed by atoms with Crippen LogP contribution in [-0.4, -0.2) is 28.7 Å². The third kappa shape index (κ3) is 3.26. The van der Waals surface area contributed by atoms with Gasteiger partial charge in [-0.1, -0.05) is 6.07 Å². The van der Waals surface area contributed by atoms with Gasteiger partial charge in [0.2, 0.25) is 0 Å². The first-order valence-corrected chi connectivity index (χ1v) is 5.57. The zero-order valence-corrected chi connectivity index (χ0v) is 10.3. The largest absolute Gasteiger partial charge is 0.465 e. The van der Waals surface area contributed by atoms with E-state index in [1.165, 1.54) is 6.20 Å². The van der Waals surface area contributed by atoms with Crippen molar-refractivity contribution >= 4 is 21.9 Å². The molecule has 5 nitrogen and oxygen atoms in total. The molecule has 0 aliphatic heterocycles. The van der Waals surface area contributed by atoms with Gasteiger partial charge >= 0.3 is 5.97 Å². The van der Waals surface area contributed by atoms with Crippen LogP contribution in [0.4, 0.5) is 0 Å². The van der Waals surface area contributed by atoms with Gasteiger partial charge in [0.25, 0.3) is 0 Å². The molecule has 3 N–H and O–H groups in total. The van der Waals surface area contributed by atoms with Gasteiger partial charge in [-0.2, -0.15) is 0 Å². The van der Waals surface area contributed by atoms with E-state index in [1.807, 2.05) is 0 Å². The van der Waals surface area contributed by atoms with Crippen molar-refractivity contribution in [3.63, 3.8) is 0 Å². The number of aromatic nitrogens is 1. The maximum Gasteiger partial charge on any atom is 0.325 e. The second-order valence-corrected chi connectivity index (χ2v) is 3.95. The van der Waals surface area contributed by atoms with Crippen LogP contribution in [0.15, 0.2) is 22.9 Å². The van der Waals surface area contributed by atoms with E-state index in [2.05, 4.69) is 20.9 Å². The Morgan fingerprint density at radius 1 is 1.69 bits per heavy atom. The normalized spacial score (nSPS) is 14.2. The van der Waals surface area contributed by atoms with Gasteiger partial charge in [-0.15, -0.1) is 0 Å². The molecule has 1 rings (SSSR count). The van der Waals surface area contributed by atoms with E-state index in [0.717, 1.165) is 0 Å². The number of aliphatic hydroxyl groups excluding tert-OH is 1. The van der Waals surface area contributed by atoms with E-state index in [0.29, 0.717) is 10.2 Å². The summed E-state index contributed by atoms with van der Waals surface area (Å²) in [6, 6.07) is 2.21. The highest BCUT2D eigenvalue weighted by atomic mass is 79.9. The van der Waals surface area contributed by atoms with Crippen LogP contribution in [0.3, 0.4) is 0 Å². The third-order valence-electron chi connectivity index (χ3n) is 1.99. The van der Waals surface area contributed by atoms with Crippen LogP contribution < -0.4 is 5.73 Å². The molecule has 0 spiro atoms. The van der Waals surface area contributed by atoms with Crippen molar-refractivity contribution in [3.8, 4) is 0 Å². The van der Waals surface area contributed by atoms with Gasteiger partial charge < -0.3 is 15.6 Å². The first kappa shape index (κ1) is 13.1. The number of halogens is 1. The number of hydrogen-bond donors (Lipinski definition) is 2. The molecule has 1 aromatic rings. The Labute approximate surface area is 102 Å². The van der Waals surface area contributed by atoms with Gasteiger partial charge in [0, 0.05) is 11.8 Å². The molecular formula is C10H13BrN2O3. The van der Waals surface area contributed by atoms with E-state index in [1.54, 1.807) is 19.1 Å². The molecule has 2 unspecified atom stereocenters. The number of hydrogen-bond acceptors (Lipinski definition) is 5. The highest BCUT2D eigenvalue weighted by Crippen LogP contribution is 2.17. The number of pyridine rings is 1. The predicted molar refractivity (Wildman–Crippen MR) is 61.5 cm³/mol. The third-order valence-corrected chi connectivity index (χ3v) is 2.46. The lowest BCUT2D eigenvalue weighted by Crippen LogP contribution is -2.38. The van der Waals surface area contributed by atoms with Gasteiger partial charge in [-0.25, -0.2) is 4.98 Å². The summed E-state index contributed by atoms with van der Waals surface area (Å²) in [5, 5.41) is 9.80. The lowest BCUT2D eigenvalue weighted by atomic mass is 10.1. The summed E-state index contributed by atoms with van der Waals surface area (Å²) >= 11 is 3.17. The fraction of sp³-hybridized carbons (Fsp3) is 0.400. The summed E-state index contributed by atoms with van der Waals surface area (Å²) in [6.45, 7) is 1.91. The Morgan fingerprint density at radius 2 is 2.38 bits per heavy atom. The average Bonchev–Trinajstić information content (AvgIpc) is 2.28. The van der Waals surface area contributed by atoms with Crippen LogP contribution in [0.2, 0.25) is 0 Å². The predicted octanol–water partition coefficient (Wildman–Crippen LogP) is 0.768. The second-order valence-electron chi connectivity index (χ2n) is 3.14. The first-order chi connectivity index (χ1) is 7.56. The van der Waals surface area contributed by atoms with Crippen LogP contribution in [0.5, 0.6) is 0 Å². The molecule has 0 aliphatic rings. The summed E-state index contributed by atoms with van der Waals surface area (Å²) in [6.07, 6.45) is 0.341. The SMILES string of the molecule is CCOC(=O)C(N)C(O)c1ccc(Br)nc1. The molecule has 0 saturated heterocycles. The zero-order chi connectivity index (χ0) is 12.1. The zero-order valence-electron chi connectivity index (χ0n) is 8.76. The Balaban J connectivity index is 2.73. The van der Waals surface area contributed by atoms with Crippen molar-refractivity contribution < 1.29 is 14.6 Å². The van der Waals surface area contributed by atoms with Crippen molar-refractivity contribution in [1.82, 2.24) is 4.98 Å². The summed E-state index contributed by atoms with van der Waals surface area (Å²) < 4.78 is 5.36. The van der Waals surface area contributed by atoms with Crippen LogP contribution in [0.25, 0.3) is 0 Å². The highest BCUT2D eigenvalue weighted by Gasteiger charge is 2.25. The molecule has 0 aliphatic carbocycles. The number of esters is 1. The van der Waals surface area contributed by atoms with Gasteiger partial charge in [0.15, 0.2) is 0 Å². The maximum absolute atomic E-state index is 11.3. The first-order valence-electron chi connectivity index (χ1n) is 4.78. The Hall–Kier alpha value is -0.980. The molecule has 1 heterocycles. The smallest absolute Gasteiger partial charge is 0.325 e. The minimum atomic E-state index is -1.11. The van der Waals surface area contributed by atoms with E-state index >= 15 is 0 Å². The van der Waals surface area contributed by atoms with Crippen molar-refractivity contribution in [2.24, 2.45) is 5.73 Å². The maximum atomic E-state index is 11.3. The number of nitrogens with zero attached hydrogens (tertiary/aromatic N) is 1. The Morgan fingerprint density at radius 3 is 2.88 bits per heavy atom. The number of rotatable bonds is 4. The van der Waals surface area contributed by atoms with E-state index in [4.69, 9.17) is 10.5 Å². The molecule has 0 fully saturated rings. The topological polar surface area (TPSA) is 85.4 Å². The second kappa shape index (κ2) is 5.93. The van der Waals surface area contributed by atoms with E-state index in [-0.39, 0.29) is 6.61 Å². The van der Waals surface area contributed by atoms with Crippen molar-refractivity contribution in [3.05, 3.63) is 28.5 Å². The number of aliphatic hydroxyl groups is 1. The van der Waals surface area contributed by atoms with Crippen LogP contribution in [-0.2, 0) is 9.53 Å². The molecule has 1 aromatic heterocycles. The van der Waals surface area contributed by atoms with Crippen molar-refractivity contribution in [1.29, 1.82) is 0 Å².